The minimum absolute atomic E-state index is 0.200. The van der Waals surface area contributed by atoms with Gasteiger partial charge in [-0.25, -0.2) is 0 Å². The summed E-state index contributed by atoms with van der Waals surface area (Å²) >= 11 is 9.74. The van der Waals surface area contributed by atoms with E-state index in [1.807, 2.05) is 30.9 Å². The molecule has 1 heterocycles. The molecule has 5 heteroatoms. The number of hydrogen-bond donors (Lipinski definition) is 1. The molecule has 2 rings (SSSR count). The fraction of sp³-hybridized carbons (Fsp3) is 0.400. The van der Waals surface area contributed by atoms with Crippen molar-refractivity contribution in [2.75, 3.05) is 7.05 Å². The van der Waals surface area contributed by atoms with E-state index >= 15 is 0 Å². The summed E-state index contributed by atoms with van der Waals surface area (Å²) in [6.45, 7) is 2.12. The van der Waals surface area contributed by atoms with E-state index < -0.39 is 0 Å². The van der Waals surface area contributed by atoms with Gasteiger partial charge in [0, 0.05) is 16.5 Å². The van der Waals surface area contributed by atoms with Gasteiger partial charge in [-0.3, -0.25) is 4.68 Å². The lowest BCUT2D eigenvalue weighted by atomic mass is 10.0. The van der Waals surface area contributed by atoms with Crippen LogP contribution in [0.25, 0.3) is 0 Å². The minimum atomic E-state index is 0.200. The van der Waals surface area contributed by atoms with Crippen molar-refractivity contribution in [3.63, 3.8) is 0 Å². The second-order valence-corrected chi connectivity index (χ2v) is 6.14. The lowest BCUT2D eigenvalue weighted by Crippen LogP contribution is -2.21. The summed E-state index contributed by atoms with van der Waals surface area (Å²) < 4.78 is 2.95. The first kappa shape index (κ1) is 15.5. The molecule has 1 N–H and O–H groups in total. The topological polar surface area (TPSA) is 29.9 Å². The zero-order valence-electron chi connectivity index (χ0n) is 12.0. The average molecular weight is 357 g/mol. The molecule has 0 amide bonds. The SMILES string of the molecule is CCc1cc(C(Cc2ccc(Br)cc2Cl)NC)n(C)n1. The molecule has 0 bridgehead atoms. The molecule has 1 unspecified atom stereocenters. The average Bonchev–Trinajstić information content (AvgIpc) is 2.79. The highest BCUT2D eigenvalue weighted by molar-refractivity contribution is 9.10. The zero-order chi connectivity index (χ0) is 14.7. The van der Waals surface area contributed by atoms with Crippen LogP contribution in [0.5, 0.6) is 0 Å². The van der Waals surface area contributed by atoms with E-state index in [2.05, 4.69) is 45.4 Å². The van der Waals surface area contributed by atoms with E-state index in [1.165, 1.54) is 5.69 Å². The van der Waals surface area contributed by atoms with Crippen molar-refractivity contribution in [3.05, 3.63) is 50.7 Å². The summed E-state index contributed by atoms with van der Waals surface area (Å²) in [6, 6.07) is 8.38. The number of rotatable bonds is 5. The Hall–Kier alpha value is -0.840. The van der Waals surface area contributed by atoms with Gasteiger partial charge in [0.05, 0.1) is 17.4 Å². The molecule has 0 aliphatic rings. The summed E-state index contributed by atoms with van der Waals surface area (Å²) in [5.41, 5.74) is 3.43. The third-order valence-electron chi connectivity index (χ3n) is 3.47. The van der Waals surface area contributed by atoms with Gasteiger partial charge in [0.15, 0.2) is 0 Å². The Labute approximate surface area is 133 Å². The van der Waals surface area contributed by atoms with Crippen molar-refractivity contribution < 1.29 is 0 Å². The third-order valence-corrected chi connectivity index (χ3v) is 4.32. The Balaban J connectivity index is 2.26. The normalized spacial score (nSPS) is 12.7. The van der Waals surface area contributed by atoms with Gasteiger partial charge in [-0.15, -0.1) is 0 Å². The van der Waals surface area contributed by atoms with Gasteiger partial charge in [0.25, 0.3) is 0 Å². The lowest BCUT2D eigenvalue weighted by Gasteiger charge is -2.17. The molecule has 3 nitrogen and oxygen atoms in total. The predicted octanol–water partition coefficient (Wildman–Crippen LogP) is 3.90. The number of nitrogens with one attached hydrogen (secondary N) is 1. The van der Waals surface area contributed by atoms with Crippen molar-refractivity contribution in [2.24, 2.45) is 7.05 Å². The van der Waals surface area contributed by atoms with Gasteiger partial charge in [0.2, 0.25) is 0 Å². The van der Waals surface area contributed by atoms with Crippen molar-refractivity contribution in [3.8, 4) is 0 Å². The fourth-order valence-electron chi connectivity index (χ4n) is 2.30. The van der Waals surface area contributed by atoms with Gasteiger partial charge in [-0.1, -0.05) is 40.5 Å². The molecule has 0 aliphatic carbocycles. The summed E-state index contributed by atoms with van der Waals surface area (Å²) in [7, 11) is 3.96. The number of benzene rings is 1. The Kier molecular flexibility index (Phi) is 5.24. The van der Waals surface area contributed by atoms with Gasteiger partial charge in [-0.05, 0) is 43.7 Å². The Morgan fingerprint density at radius 3 is 2.70 bits per heavy atom. The molecule has 108 valence electrons. The van der Waals surface area contributed by atoms with Gasteiger partial charge < -0.3 is 5.32 Å². The standard InChI is InChI=1S/C15H19BrClN3/c1-4-12-9-15(20(3)19-12)14(18-2)7-10-5-6-11(16)8-13(10)17/h5-6,8-9,14,18H,4,7H2,1-3H3. The molecule has 1 aromatic carbocycles. The fourth-order valence-corrected chi connectivity index (χ4v) is 3.05. The van der Waals surface area contributed by atoms with E-state index in [1.54, 1.807) is 0 Å². The highest BCUT2D eigenvalue weighted by Gasteiger charge is 2.17. The minimum Gasteiger partial charge on any atom is -0.311 e. The molecule has 2 aromatic rings. The van der Waals surface area contributed by atoms with E-state index in [4.69, 9.17) is 11.6 Å². The van der Waals surface area contributed by atoms with E-state index in [9.17, 15) is 0 Å². The number of nitrogens with zero attached hydrogens (tertiary/aromatic N) is 2. The molecule has 0 fully saturated rings. The summed E-state index contributed by atoms with van der Waals surface area (Å²) in [5, 5.41) is 8.66. The molecule has 1 atom stereocenters. The van der Waals surface area contributed by atoms with E-state index in [0.29, 0.717) is 0 Å². The number of halogens is 2. The van der Waals surface area contributed by atoms with Crippen LogP contribution in [0.2, 0.25) is 5.02 Å². The summed E-state index contributed by atoms with van der Waals surface area (Å²) in [5.74, 6) is 0. The largest absolute Gasteiger partial charge is 0.311 e. The number of likely N-dealkylation sites (N-methyl/N-ethyl adjacent to an activating group) is 1. The van der Waals surface area contributed by atoms with Crippen molar-refractivity contribution in [1.29, 1.82) is 0 Å². The van der Waals surface area contributed by atoms with E-state index in [-0.39, 0.29) is 6.04 Å². The van der Waals surface area contributed by atoms with Crippen LogP contribution in [0.3, 0.4) is 0 Å². The van der Waals surface area contributed by atoms with Gasteiger partial charge in [0.1, 0.15) is 0 Å². The third kappa shape index (κ3) is 3.43. The van der Waals surface area contributed by atoms with Crippen LogP contribution >= 0.6 is 27.5 Å². The number of aromatic nitrogens is 2. The quantitative estimate of drug-likeness (QED) is 0.880. The van der Waals surface area contributed by atoms with Crippen LogP contribution in [0, 0.1) is 0 Å². The maximum absolute atomic E-state index is 6.31. The highest BCUT2D eigenvalue weighted by atomic mass is 79.9. The molecule has 0 saturated heterocycles. The van der Waals surface area contributed by atoms with Crippen LogP contribution in [0.15, 0.2) is 28.7 Å². The predicted molar refractivity (Wildman–Crippen MR) is 87.2 cm³/mol. The van der Waals surface area contributed by atoms with Crippen LogP contribution in [0.1, 0.15) is 29.9 Å². The Bertz CT molecular complexity index is 595. The monoisotopic (exact) mass is 355 g/mol. The van der Waals surface area contributed by atoms with Crippen molar-refractivity contribution in [1.82, 2.24) is 15.1 Å². The number of aryl methyl sites for hydroxylation is 2. The van der Waals surface area contributed by atoms with Crippen molar-refractivity contribution in [2.45, 2.75) is 25.8 Å². The van der Waals surface area contributed by atoms with Crippen molar-refractivity contribution >= 4 is 27.5 Å². The highest BCUT2D eigenvalue weighted by Crippen LogP contribution is 2.26. The summed E-state index contributed by atoms with van der Waals surface area (Å²) in [6.07, 6.45) is 1.79. The van der Waals surface area contributed by atoms with E-state index in [0.717, 1.165) is 33.6 Å². The first-order valence-electron chi connectivity index (χ1n) is 6.69. The maximum atomic E-state index is 6.31. The lowest BCUT2D eigenvalue weighted by molar-refractivity contribution is 0.537. The Morgan fingerprint density at radius 2 is 2.15 bits per heavy atom. The molecule has 0 aliphatic heterocycles. The van der Waals surface area contributed by atoms with Crippen LogP contribution in [-0.4, -0.2) is 16.8 Å². The second-order valence-electron chi connectivity index (χ2n) is 4.82. The molecule has 1 aromatic heterocycles. The van der Waals surface area contributed by atoms with Crippen LogP contribution in [-0.2, 0) is 19.9 Å². The molecule has 0 radical (unpaired) electrons. The maximum Gasteiger partial charge on any atom is 0.0625 e. The molecule has 0 saturated carbocycles. The number of hydrogen-bond acceptors (Lipinski definition) is 2. The zero-order valence-corrected chi connectivity index (χ0v) is 14.3. The van der Waals surface area contributed by atoms with Crippen LogP contribution < -0.4 is 5.32 Å². The second kappa shape index (κ2) is 6.74. The summed E-state index contributed by atoms with van der Waals surface area (Å²) in [4.78, 5) is 0. The first-order chi connectivity index (χ1) is 9.55. The van der Waals surface area contributed by atoms with Gasteiger partial charge >= 0.3 is 0 Å². The molecular formula is C15H19BrClN3. The smallest absolute Gasteiger partial charge is 0.0625 e. The molecular weight excluding hydrogens is 338 g/mol. The molecule has 0 spiro atoms. The Morgan fingerprint density at radius 1 is 1.40 bits per heavy atom. The van der Waals surface area contributed by atoms with Gasteiger partial charge in [-0.2, -0.15) is 5.10 Å². The van der Waals surface area contributed by atoms with Crippen LogP contribution in [0.4, 0.5) is 0 Å². The molecule has 20 heavy (non-hydrogen) atoms. The first-order valence-corrected chi connectivity index (χ1v) is 7.86.